The van der Waals surface area contributed by atoms with Crippen LogP contribution in [-0.2, 0) is 6.54 Å². The van der Waals surface area contributed by atoms with Gasteiger partial charge in [-0.25, -0.2) is 0 Å². The van der Waals surface area contributed by atoms with Gasteiger partial charge < -0.3 is 0 Å². The topological polar surface area (TPSA) is 19.4 Å². The van der Waals surface area contributed by atoms with E-state index in [1.54, 1.807) is 0 Å². The van der Waals surface area contributed by atoms with Crippen molar-refractivity contribution in [2.45, 2.75) is 44.9 Å². The van der Waals surface area contributed by atoms with E-state index in [0.29, 0.717) is 6.04 Å². The fourth-order valence-electron chi connectivity index (χ4n) is 3.83. The Hall–Kier alpha value is -1.45. The minimum Gasteiger partial charge on any atom is -0.298 e. The highest BCUT2D eigenvalue weighted by Crippen LogP contribution is 2.34. The predicted molar refractivity (Wildman–Crippen MR) is 86.2 cm³/mol. The van der Waals surface area contributed by atoms with Gasteiger partial charge in [0.15, 0.2) is 0 Å². The van der Waals surface area contributed by atoms with Gasteiger partial charge >= 0.3 is 0 Å². The van der Waals surface area contributed by atoms with Gasteiger partial charge in [-0.15, -0.1) is 0 Å². The summed E-state index contributed by atoms with van der Waals surface area (Å²) < 4.78 is 0. The fraction of sp³-hybridized carbons (Fsp3) is 0.500. The lowest BCUT2D eigenvalue weighted by Crippen LogP contribution is -2.68. The second kappa shape index (κ2) is 5.08. The van der Waals surface area contributed by atoms with Gasteiger partial charge in [-0.1, -0.05) is 12.1 Å². The van der Waals surface area contributed by atoms with E-state index in [-0.39, 0.29) is 0 Å². The van der Waals surface area contributed by atoms with Gasteiger partial charge in [0.2, 0.25) is 0 Å². The molecule has 3 fully saturated rings. The third-order valence-electron chi connectivity index (χ3n) is 5.14. The molecule has 5 rings (SSSR count). The summed E-state index contributed by atoms with van der Waals surface area (Å²) >= 11 is 0. The number of piperazine rings is 1. The molecule has 3 heteroatoms. The van der Waals surface area contributed by atoms with Crippen LogP contribution in [-0.4, -0.2) is 46.0 Å². The van der Waals surface area contributed by atoms with E-state index >= 15 is 0 Å². The number of benzene rings is 1. The Kier molecular flexibility index (Phi) is 3.20. The molecule has 1 aromatic heterocycles. The van der Waals surface area contributed by atoms with Crippen LogP contribution in [0, 0.1) is 0 Å². The van der Waals surface area contributed by atoms with E-state index < -0.39 is 0 Å². The standard InChI is InChI=1S/C18H23N3/c1-13(2)20-11-16-9-17(12-20)21(16)10-14-5-6-18-15(8-14)4-3-7-19-18/h3-8,13,16-17H,9-12H2,1-2H3. The maximum Gasteiger partial charge on any atom is 0.0702 e. The molecule has 4 heterocycles. The summed E-state index contributed by atoms with van der Waals surface area (Å²) in [4.78, 5) is 9.72. The van der Waals surface area contributed by atoms with Crippen molar-refractivity contribution in [2.75, 3.05) is 13.1 Å². The van der Waals surface area contributed by atoms with Gasteiger partial charge in [-0.3, -0.25) is 14.8 Å². The molecule has 2 aromatic rings. The number of pyridine rings is 1. The zero-order valence-electron chi connectivity index (χ0n) is 12.9. The first-order chi connectivity index (χ1) is 10.2. The van der Waals surface area contributed by atoms with Gasteiger partial charge in [-0.2, -0.15) is 0 Å². The van der Waals surface area contributed by atoms with Crippen LogP contribution in [0.1, 0.15) is 25.8 Å². The summed E-state index contributed by atoms with van der Waals surface area (Å²) in [7, 11) is 0. The number of fused-ring (bicyclic) bond motifs is 3. The minimum atomic E-state index is 0.684. The third kappa shape index (κ3) is 2.34. The van der Waals surface area contributed by atoms with Crippen LogP contribution in [0.4, 0.5) is 0 Å². The van der Waals surface area contributed by atoms with E-state index in [2.05, 4.69) is 52.9 Å². The molecule has 3 aliphatic heterocycles. The largest absolute Gasteiger partial charge is 0.298 e. The molecular formula is C18H23N3. The zero-order chi connectivity index (χ0) is 14.4. The molecule has 110 valence electrons. The van der Waals surface area contributed by atoms with Gasteiger partial charge in [0.05, 0.1) is 5.52 Å². The molecule has 0 aliphatic carbocycles. The third-order valence-corrected chi connectivity index (χ3v) is 5.14. The van der Waals surface area contributed by atoms with Gasteiger partial charge in [0, 0.05) is 49.3 Å². The molecule has 3 aliphatic rings. The first-order valence-corrected chi connectivity index (χ1v) is 8.04. The monoisotopic (exact) mass is 281 g/mol. The lowest BCUT2D eigenvalue weighted by atomic mass is 9.86. The predicted octanol–water partition coefficient (Wildman–Crippen LogP) is 2.90. The average molecular weight is 281 g/mol. The lowest BCUT2D eigenvalue weighted by Gasteiger charge is -2.57. The Morgan fingerprint density at radius 2 is 2.00 bits per heavy atom. The maximum absolute atomic E-state index is 4.40. The molecule has 0 spiro atoms. The van der Waals surface area contributed by atoms with E-state index in [0.717, 1.165) is 24.1 Å². The fourth-order valence-corrected chi connectivity index (χ4v) is 3.83. The van der Waals surface area contributed by atoms with Crippen molar-refractivity contribution < 1.29 is 0 Å². The number of rotatable bonds is 3. The molecule has 2 unspecified atom stereocenters. The molecule has 0 saturated carbocycles. The van der Waals surface area contributed by atoms with Crippen LogP contribution in [0.3, 0.4) is 0 Å². The van der Waals surface area contributed by atoms with Crippen molar-refractivity contribution in [2.24, 2.45) is 0 Å². The maximum atomic E-state index is 4.40. The smallest absolute Gasteiger partial charge is 0.0702 e. The van der Waals surface area contributed by atoms with Crippen molar-refractivity contribution in [3.63, 3.8) is 0 Å². The SMILES string of the molecule is CC(C)N1CC2CC(C1)N2Cc1ccc2ncccc2c1. The zero-order valence-corrected chi connectivity index (χ0v) is 12.9. The molecule has 1 aromatic carbocycles. The number of piperidine rings is 1. The van der Waals surface area contributed by atoms with Crippen LogP contribution in [0.15, 0.2) is 36.5 Å². The van der Waals surface area contributed by atoms with Crippen molar-refractivity contribution >= 4 is 10.9 Å². The Bertz CT molecular complexity index is 640. The molecule has 0 radical (unpaired) electrons. The summed E-state index contributed by atoms with van der Waals surface area (Å²) in [6, 6.07) is 13.1. The number of hydrogen-bond acceptors (Lipinski definition) is 3. The highest BCUT2D eigenvalue weighted by atomic mass is 15.4. The van der Waals surface area contributed by atoms with E-state index in [9.17, 15) is 0 Å². The lowest BCUT2D eigenvalue weighted by molar-refractivity contribution is -0.0834. The van der Waals surface area contributed by atoms with Crippen LogP contribution < -0.4 is 0 Å². The van der Waals surface area contributed by atoms with E-state index in [1.807, 2.05) is 12.3 Å². The summed E-state index contributed by atoms with van der Waals surface area (Å²) in [5.41, 5.74) is 2.51. The molecule has 2 atom stereocenters. The molecular weight excluding hydrogens is 258 g/mol. The summed E-state index contributed by atoms with van der Waals surface area (Å²) in [6.07, 6.45) is 3.25. The Morgan fingerprint density at radius 3 is 2.76 bits per heavy atom. The Balaban J connectivity index is 1.49. The normalized spacial score (nSPS) is 26.2. The Morgan fingerprint density at radius 1 is 1.19 bits per heavy atom. The highest BCUT2D eigenvalue weighted by molar-refractivity contribution is 5.78. The molecule has 3 nitrogen and oxygen atoms in total. The van der Waals surface area contributed by atoms with Crippen LogP contribution in [0.25, 0.3) is 10.9 Å². The van der Waals surface area contributed by atoms with Crippen molar-refractivity contribution in [3.05, 3.63) is 42.1 Å². The van der Waals surface area contributed by atoms with Crippen LogP contribution in [0.2, 0.25) is 0 Å². The second-order valence-electron chi connectivity index (χ2n) is 6.79. The van der Waals surface area contributed by atoms with Crippen LogP contribution >= 0.6 is 0 Å². The van der Waals surface area contributed by atoms with Crippen molar-refractivity contribution in [1.29, 1.82) is 0 Å². The number of aromatic nitrogens is 1. The Labute approximate surface area is 126 Å². The van der Waals surface area contributed by atoms with Crippen LogP contribution in [0.5, 0.6) is 0 Å². The molecule has 3 saturated heterocycles. The summed E-state index contributed by atoms with van der Waals surface area (Å²) in [5, 5.41) is 1.25. The highest BCUT2D eigenvalue weighted by Gasteiger charge is 2.44. The van der Waals surface area contributed by atoms with Gasteiger partial charge in [0.1, 0.15) is 0 Å². The summed E-state index contributed by atoms with van der Waals surface area (Å²) in [5.74, 6) is 0. The van der Waals surface area contributed by atoms with E-state index in [1.165, 1.54) is 30.5 Å². The van der Waals surface area contributed by atoms with E-state index in [4.69, 9.17) is 0 Å². The number of nitrogens with zero attached hydrogens (tertiary/aromatic N) is 3. The number of hydrogen-bond donors (Lipinski definition) is 0. The minimum absolute atomic E-state index is 0.684. The van der Waals surface area contributed by atoms with Gasteiger partial charge in [0.25, 0.3) is 0 Å². The quantitative estimate of drug-likeness (QED) is 0.862. The molecule has 0 N–H and O–H groups in total. The van der Waals surface area contributed by atoms with Crippen molar-refractivity contribution in [3.8, 4) is 0 Å². The average Bonchev–Trinajstić information content (AvgIpc) is 2.52. The van der Waals surface area contributed by atoms with Gasteiger partial charge in [-0.05, 0) is 44.0 Å². The second-order valence-corrected chi connectivity index (χ2v) is 6.79. The first-order valence-electron chi connectivity index (χ1n) is 8.04. The van der Waals surface area contributed by atoms with Crippen molar-refractivity contribution in [1.82, 2.24) is 14.8 Å². The molecule has 21 heavy (non-hydrogen) atoms. The first kappa shape index (κ1) is 13.2. The molecule has 2 bridgehead atoms. The summed E-state index contributed by atoms with van der Waals surface area (Å²) in [6.45, 7) is 8.19. The molecule has 0 amide bonds.